The van der Waals surface area contributed by atoms with Gasteiger partial charge in [0.25, 0.3) is 0 Å². The molecule has 0 heterocycles. The Morgan fingerprint density at radius 3 is 2.75 bits per heavy atom. The lowest BCUT2D eigenvalue weighted by atomic mass is 9.92. The molecule has 0 amide bonds. The van der Waals surface area contributed by atoms with Crippen LogP contribution in [0.1, 0.15) is 20.3 Å². The fraction of sp³-hybridized carbons (Fsp3) is 0.500. The van der Waals surface area contributed by atoms with Gasteiger partial charge >= 0.3 is 7.32 Å². The highest BCUT2D eigenvalue weighted by molar-refractivity contribution is 6.32. The maximum atomic E-state index is 8.64. The summed E-state index contributed by atoms with van der Waals surface area (Å²) < 4.78 is 4.93. The number of allylic oxidation sites excluding steroid dienone is 2. The summed E-state index contributed by atoms with van der Waals surface area (Å²) in [6.07, 6.45) is 6.49. The van der Waals surface area contributed by atoms with Crippen molar-refractivity contribution < 1.29 is 14.7 Å². The molecular weight excluding hydrogens is 155 g/mol. The second kappa shape index (κ2) is 3.43. The van der Waals surface area contributed by atoms with E-state index in [9.17, 15) is 0 Å². The predicted octanol–water partition coefficient (Wildman–Crippen LogP) is 0.637. The van der Waals surface area contributed by atoms with Crippen molar-refractivity contribution in [2.75, 3.05) is 0 Å². The van der Waals surface area contributed by atoms with Crippen molar-refractivity contribution in [3.05, 3.63) is 23.8 Å². The number of rotatable bonds is 2. The molecule has 0 spiro atoms. The molecule has 0 aromatic heterocycles. The Balaban J connectivity index is 2.67. The van der Waals surface area contributed by atoms with E-state index in [1.165, 1.54) is 0 Å². The lowest BCUT2D eigenvalue weighted by Crippen LogP contribution is -2.35. The van der Waals surface area contributed by atoms with E-state index in [0.29, 0.717) is 6.42 Å². The second-order valence-corrected chi connectivity index (χ2v) is 3.25. The highest BCUT2D eigenvalue weighted by Crippen LogP contribution is 2.24. The van der Waals surface area contributed by atoms with Crippen LogP contribution in [0.4, 0.5) is 0 Å². The Morgan fingerprint density at radius 2 is 2.25 bits per heavy atom. The summed E-state index contributed by atoms with van der Waals surface area (Å²) in [6, 6.07) is 0. The highest BCUT2D eigenvalue weighted by atomic mass is 16.6. The molecule has 1 unspecified atom stereocenters. The van der Waals surface area contributed by atoms with Crippen molar-refractivity contribution in [2.45, 2.75) is 25.9 Å². The first-order valence-electron chi connectivity index (χ1n) is 3.92. The third-order valence-electron chi connectivity index (χ3n) is 1.81. The molecular formula is C8H13BO3. The number of hydrogen-bond acceptors (Lipinski definition) is 3. The van der Waals surface area contributed by atoms with E-state index in [1.54, 1.807) is 0 Å². The van der Waals surface area contributed by atoms with E-state index in [0.717, 1.165) is 5.57 Å². The maximum absolute atomic E-state index is 8.64. The van der Waals surface area contributed by atoms with Gasteiger partial charge in [-0.1, -0.05) is 23.8 Å². The van der Waals surface area contributed by atoms with Crippen LogP contribution in [0.3, 0.4) is 0 Å². The first kappa shape index (κ1) is 9.51. The van der Waals surface area contributed by atoms with Crippen molar-refractivity contribution in [3.8, 4) is 0 Å². The summed E-state index contributed by atoms with van der Waals surface area (Å²) >= 11 is 0. The molecule has 0 saturated carbocycles. The van der Waals surface area contributed by atoms with E-state index in [2.05, 4.69) is 0 Å². The Labute approximate surface area is 72.5 Å². The third kappa shape index (κ3) is 2.48. The van der Waals surface area contributed by atoms with Gasteiger partial charge < -0.3 is 14.7 Å². The molecule has 1 aliphatic rings. The summed E-state index contributed by atoms with van der Waals surface area (Å²) in [5.74, 6) is 0. The zero-order valence-electron chi connectivity index (χ0n) is 7.32. The molecule has 0 aromatic carbocycles. The van der Waals surface area contributed by atoms with E-state index in [-0.39, 0.29) is 0 Å². The normalized spacial score (nSPS) is 28.5. The topological polar surface area (TPSA) is 49.7 Å². The van der Waals surface area contributed by atoms with E-state index < -0.39 is 12.9 Å². The van der Waals surface area contributed by atoms with E-state index in [1.807, 2.05) is 32.1 Å². The van der Waals surface area contributed by atoms with Crippen molar-refractivity contribution in [1.29, 1.82) is 0 Å². The summed E-state index contributed by atoms with van der Waals surface area (Å²) in [4.78, 5) is 0. The molecule has 1 rings (SSSR count). The van der Waals surface area contributed by atoms with Gasteiger partial charge in [-0.25, -0.2) is 0 Å². The van der Waals surface area contributed by atoms with Crippen LogP contribution in [0.2, 0.25) is 0 Å². The Kier molecular flexibility index (Phi) is 2.72. The number of hydrogen-bond donors (Lipinski definition) is 2. The van der Waals surface area contributed by atoms with Gasteiger partial charge in [-0.3, -0.25) is 0 Å². The van der Waals surface area contributed by atoms with Crippen molar-refractivity contribution in [3.63, 3.8) is 0 Å². The van der Waals surface area contributed by atoms with E-state index in [4.69, 9.17) is 14.7 Å². The minimum atomic E-state index is -1.70. The van der Waals surface area contributed by atoms with Crippen LogP contribution >= 0.6 is 0 Å². The molecule has 0 aliphatic heterocycles. The smallest absolute Gasteiger partial charge is 0.402 e. The molecule has 2 N–H and O–H groups in total. The van der Waals surface area contributed by atoms with Gasteiger partial charge in [0.2, 0.25) is 0 Å². The zero-order chi connectivity index (χ0) is 9.19. The molecule has 0 aromatic rings. The molecule has 4 heteroatoms. The molecule has 1 aliphatic carbocycles. The van der Waals surface area contributed by atoms with Gasteiger partial charge in [-0.2, -0.15) is 0 Å². The predicted molar refractivity (Wildman–Crippen MR) is 47.2 cm³/mol. The van der Waals surface area contributed by atoms with Crippen molar-refractivity contribution in [2.24, 2.45) is 0 Å². The molecule has 0 fully saturated rings. The average molecular weight is 168 g/mol. The third-order valence-corrected chi connectivity index (χ3v) is 1.81. The van der Waals surface area contributed by atoms with Crippen LogP contribution in [0.5, 0.6) is 0 Å². The lowest BCUT2D eigenvalue weighted by molar-refractivity contribution is 0.0738. The van der Waals surface area contributed by atoms with E-state index >= 15 is 0 Å². The minimum absolute atomic E-state index is 0.576. The molecule has 66 valence electrons. The molecule has 3 nitrogen and oxygen atoms in total. The largest absolute Gasteiger partial charge is 0.634 e. The molecule has 1 atom stereocenters. The van der Waals surface area contributed by atoms with Gasteiger partial charge in [0.15, 0.2) is 0 Å². The lowest BCUT2D eigenvalue weighted by Gasteiger charge is -2.28. The van der Waals surface area contributed by atoms with Gasteiger partial charge in [0, 0.05) is 0 Å². The highest BCUT2D eigenvalue weighted by Gasteiger charge is 2.28. The Hall–Kier alpha value is -0.575. The van der Waals surface area contributed by atoms with Crippen LogP contribution < -0.4 is 0 Å². The monoisotopic (exact) mass is 168 g/mol. The maximum Gasteiger partial charge on any atom is 0.634 e. The quantitative estimate of drug-likeness (QED) is 0.594. The van der Waals surface area contributed by atoms with Crippen LogP contribution in [0.25, 0.3) is 0 Å². The molecule has 0 saturated heterocycles. The standard InChI is InChI=1S/C8H13BO3/c1-7-4-3-5-8(2,6-7)12-9(10)11/h3-4,6,10-11H,5H2,1-2H3. The van der Waals surface area contributed by atoms with Crippen LogP contribution in [-0.4, -0.2) is 23.0 Å². The Bertz CT molecular complexity index is 222. The fourth-order valence-electron chi connectivity index (χ4n) is 1.39. The van der Waals surface area contributed by atoms with Crippen LogP contribution in [0, 0.1) is 0 Å². The SMILES string of the molecule is CC1=CC(C)(OB(O)O)CC=C1. The summed E-state index contributed by atoms with van der Waals surface area (Å²) in [7, 11) is -1.70. The Morgan fingerprint density at radius 1 is 1.58 bits per heavy atom. The summed E-state index contributed by atoms with van der Waals surface area (Å²) in [6.45, 7) is 3.76. The summed E-state index contributed by atoms with van der Waals surface area (Å²) in [5.41, 5.74) is 0.497. The first-order valence-corrected chi connectivity index (χ1v) is 3.92. The van der Waals surface area contributed by atoms with Gasteiger partial charge in [0.05, 0.1) is 5.60 Å². The van der Waals surface area contributed by atoms with Crippen LogP contribution in [-0.2, 0) is 4.65 Å². The molecule has 0 bridgehead atoms. The zero-order valence-corrected chi connectivity index (χ0v) is 7.32. The summed E-state index contributed by atoms with van der Waals surface area (Å²) in [5, 5.41) is 17.3. The average Bonchev–Trinajstić information content (AvgIpc) is 1.82. The van der Waals surface area contributed by atoms with Gasteiger partial charge in [-0.15, -0.1) is 0 Å². The van der Waals surface area contributed by atoms with Crippen molar-refractivity contribution >= 4 is 7.32 Å². The molecule has 12 heavy (non-hydrogen) atoms. The van der Waals surface area contributed by atoms with Crippen molar-refractivity contribution in [1.82, 2.24) is 0 Å². The minimum Gasteiger partial charge on any atom is -0.402 e. The van der Waals surface area contributed by atoms with Gasteiger partial charge in [0.1, 0.15) is 0 Å². The first-order chi connectivity index (χ1) is 5.52. The fourth-order valence-corrected chi connectivity index (χ4v) is 1.39. The second-order valence-electron chi connectivity index (χ2n) is 3.25. The molecule has 0 radical (unpaired) electrons. The van der Waals surface area contributed by atoms with Gasteiger partial charge in [-0.05, 0) is 20.3 Å². The van der Waals surface area contributed by atoms with Crippen LogP contribution in [0.15, 0.2) is 23.8 Å².